The molecule has 0 bridgehead atoms. The Balaban J connectivity index is 2.72. The molecule has 426 valence electrons. The van der Waals surface area contributed by atoms with Crippen molar-refractivity contribution < 1.29 is 49.3 Å². The van der Waals surface area contributed by atoms with Crippen molar-refractivity contribution in [3.8, 4) is 0 Å². The van der Waals surface area contributed by atoms with Crippen LogP contribution in [0.3, 0.4) is 0 Å². The lowest BCUT2D eigenvalue weighted by Gasteiger charge is -2.41. The van der Waals surface area contributed by atoms with E-state index in [1.165, 1.54) is 38.5 Å². The van der Waals surface area contributed by atoms with Gasteiger partial charge in [0.25, 0.3) is 0 Å². The maximum Gasteiger partial charge on any atom is 0.306 e. The Morgan fingerprint density at radius 1 is 0.547 bits per heavy atom. The number of aliphatic hydroxyl groups excluding tert-OH is 5. The minimum Gasteiger partial charge on any atom is -0.454 e. The maximum atomic E-state index is 13.4. The summed E-state index contributed by atoms with van der Waals surface area (Å²) in [6.45, 7) is 5.47. The molecule has 11 heteroatoms. The van der Waals surface area contributed by atoms with Gasteiger partial charge in [-0.15, -0.1) is 0 Å². The van der Waals surface area contributed by atoms with E-state index in [0.29, 0.717) is 12.8 Å². The second kappa shape index (κ2) is 50.9. The molecule has 1 aliphatic heterocycles. The molecule has 1 saturated heterocycles. The number of hydrogen-bond donors (Lipinski definition) is 6. The molecule has 8 atom stereocenters. The number of ether oxygens (including phenoxy) is 3. The number of nitrogens with one attached hydrogen (secondary N) is 1. The Hall–Kier alpha value is -3.94. The van der Waals surface area contributed by atoms with E-state index >= 15 is 0 Å². The van der Waals surface area contributed by atoms with Gasteiger partial charge in [-0.25, -0.2) is 0 Å². The Bertz CT molecular complexity index is 1680. The van der Waals surface area contributed by atoms with Gasteiger partial charge in [0.05, 0.1) is 25.4 Å². The molecular weight excluding hydrogens is 943 g/mol. The average molecular weight is 1050 g/mol. The van der Waals surface area contributed by atoms with Gasteiger partial charge < -0.3 is 45.1 Å². The Kier molecular flexibility index (Phi) is 46.8. The van der Waals surface area contributed by atoms with Crippen LogP contribution >= 0.6 is 0 Å². The molecule has 1 rings (SSSR count). The molecule has 0 aromatic carbocycles. The molecule has 0 spiro atoms. The van der Waals surface area contributed by atoms with Crippen molar-refractivity contribution >= 4 is 11.9 Å². The summed E-state index contributed by atoms with van der Waals surface area (Å²) >= 11 is 0. The van der Waals surface area contributed by atoms with Crippen molar-refractivity contribution in [3.05, 3.63) is 122 Å². The predicted molar refractivity (Wildman–Crippen MR) is 310 cm³/mol. The third-order valence-electron chi connectivity index (χ3n) is 13.0. The van der Waals surface area contributed by atoms with Crippen LogP contribution in [0.25, 0.3) is 0 Å². The van der Waals surface area contributed by atoms with Gasteiger partial charge in [0.15, 0.2) is 12.4 Å². The number of unbranched alkanes of at least 4 members (excludes halogenated alkanes) is 18. The van der Waals surface area contributed by atoms with Crippen LogP contribution in [0.15, 0.2) is 122 Å². The molecule has 11 nitrogen and oxygen atoms in total. The van der Waals surface area contributed by atoms with Crippen LogP contribution in [0.5, 0.6) is 0 Å². The van der Waals surface area contributed by atoms with Gasteiger partial charge in [-0.1, -0.05) is 232 Å². The second-order valence-corrected chi connectivity index (χ2v) is 19.7. The fourth-order valence-corrected chi connectivity index (χ4v) is 8.33. The van der Waals surface area contributed by atoms with Gasteiger partial charge >= 0.3 is 5.97 Å². The third-order valence-corrected chi connectivity index (χ3v) is 13.0. The van der Waals surface area contributed by atoms with Gasteiger partial charge in [-0.2, -0.15) is 0 Å². The van der Waals surface area contributed by atoms with Crippen LogP contribution in [0, 0.1) is 0 Å². The average Bonchev–Trinajstić information content (AvgIpc) is 3.41. The van der Waals surface area contributed by atoms with Crippen molar-refractivity contribution in [2.45, 2.75) is 256 Å². The fraction of sp³-hybridized carbons (Fsp3) is 0.656. The van der Waals surface area contributed by atoms with E-state index in [1.807, 2.05) is 42.5 Å². The van der Waals surface area contributed by atoms with Crippen molar-refractivity contribution in [3.63, 3.8) is 0 Å². The van der Waals surface area contributed by atoms with E-state index in [4.69, 9.17) is 14.2 Å². The molecule has 0 radical (unpaired) electrons. The van der Waals surface area contributed by atoms with E-state index in [-0.39, 0.29) is 19.4 Å². The molecule has 0 aromatic heterocycles. The number of hydrogen-bond acceptors (Lipinski definition) is 10. The summed E-state index contributed by atoms with van der Waals surface area (Å²) in [7, 11) is 0. The van der Waals surface area contributed by atoms with Crippen LogP contribution in [-0.4, -0.2) is 99.6 Å². The van der Waals surface area contributed by atoms with E-state index in [2.05, 4.69) is 99.0 Å². The highest BCUT2D eigenvalue weighted by Crippen LogP contribution is 2.26. The maximum absolute atomic E-state index is 13.4. The zero-order chi connectivity index (χ0) is 54.7. The van der Waals surface area contributed by atoms with E-state index in [1.54, 1.807) is 6.08 Å². The molecule has 6 N–H and O–H groups in total. The van der Waals surface area contributed by atoms with E-state index in [0.717, 1.165) is 122 Å². The molecule has 1 amide bonds. The van der Waals surface area contributed by atoms with Crippen LogP contribution < -0.4 is 5.32 Å². The quantitative estimate of drug-likeness (QED) is 0.0149. The summed E-state index contributed by atoms with van der Waals surface area (Å²) < 4.78 is 17.6. The minimum absolute atomic E-state index is 0.0908. The highest BCUT2D eigenvalue weighted by Gasteiger charge is 2.47. The normalized spacial score (nSPS) is 20.1. The van der Waals surface area contributed by atoms with Crippen LogP contribution in [0.2, 0.25) is 0 Å². The lowest BCUT2D eigenvalue weighted by Crippen LogP contribution is -2.61. The molecule has 0 aliphatic carbocycles. The number of esters is 1. The van der Waals surface area contributed by atoms with Gasteiger partial charge in [0, 0.05) is 6.42 Å². The Morgan fingerprint density at radius 2 is 1.03 bits per heavy atom. The van der Waals surface area contributed by atoms with Gasteiger partial charge in [0.2, 0.25) is 5.91 Å². The second-order valence-electron chi connectivity index (χ2n) is 19.7. The summed E-state index contributed by atoms with van der Waals surface area (Å²) in [5.74, 6) is -1.25. The zero-order valence-corrected chi connectivity index (χ0v) is 46.9. The first-order valence-corrected chi connectivity index (χ1v) is 29.4. The number of aliphatic hydroxyl groups is 5. The van der Waals surface area contributed by atoms with Crippen LogP contribution in [0.4, 0.5) is 0 Å². The largest absolute Gasteiger partial charge is 0.454 e. The molecule has 1 heterocycles. The fourth-order valence-electron chi connectivity index (χ4n) is 8.33. The number of carbonyl (C=O) groups excluding carboxylic acids is 2. The summed E-state index contributed by atoms with van der Waals surface area (Å²) in [4.78, 5) is 26.5. The molecule has 8 unspecified atom stereocenters. The molecule has 75 heavy (non-hydrogen) atoms. The summed E-state index contributed by atoms with van der Waals surface area (Å²) in [5.41, 5.74) is 0. The standard InChI is InChI=1S/C64H105NO10/c1-4-7-10-13-16-19-22-24-26-27-28-29-30-31-32-34-37-40-43-46-49-52-59(69)75-62-61(71)60(70)58(53-66)74-64(62)73-54-55(56(67)50-47-44-41-38-35-21-18-15-12-9-6-3)65-63(72)57(68)51-48-45-42-39-36-33-25-23-20-17-14-11-8-5-2/h7-8,10-11,14,16-17,19-20,23-26,28-29,31-33,47,50,55-58,60-62,64,66-68,70-71H,4-6,9,12-13,15,18,21-22,27,30,34-46,48-49,51-54H2,1-3H3,(H,65,72)/b10-7-,11-8+,17-14+,19-16-,23-20+,26-24-,29-28-,32-31-,33-25-,50-47+. The first kappa shape index (κ1) is 69.1. The molecule has 1 aliphatic rings. The van der Waals surface area contributed by atoms with Crippen LogP contribution in [0.1, 0.15) is 207 Å². The molecular formula is C64H105NO10. The van der Waals surface area contributed by atoms with Gasteiger partial charge in [-0.05, 0) is 89.9 Å². The Morgan fingerprint density at radius 3 is 1.60 bits per heavy atom. The Labute approximate surface area is 455 Å². The zero-order valence-electron chi connectivity index (χ0n) is 46.9. The SMILES string of the molecule is CC/C=C\C/C=C\C/C=C\C/C=C\C/C=C\CCCCCCCC(=O)OC1C(OCC(NC(=O)C(O)CCCCCC\C=C/C=C/C=C/C=C/CC)C(O)/C=C/CCCCCCCCCCC)OC(CO)C(O)C1O. The van der Waals surface area contributed by atoms with Crippen molar-refractivity contribution in [1.82, 2.24) is 5.32 Å². The van der Waals surface area contributed by atoms with E-state index < -0.39 is 67.4 Å². The van der Waals surface area contributed by atoms with Crippen molar-refractivity contribution in [2.75, 3.05) is 13.2 Å². The lowest BCUT2D eigenvalue weighted by molar-refractivity contribution is -0.305. The predicted octanol–water partition coefficient (Wildman–Crippen LogP) is 13.5. The summed E-state index contributed by atoms with van der Waals surface area (Å²) in [5, 5.41) is 56.8. The van der Waals surface area contributed by atoms with Crippen molar-refractivity contribution in [1.29, 1.82) is 0 Å². The highest BCUT2D eigenvalue weighted by atomic mass is 16.7. The number of amides is 1. The first-order valence-electron chi connectivity index (χ1n) is 29.4. The van der Waals surface area contributed by atoms with Gasteiger partial charge in [-0.3, -0.25) is 9.59 Å². The lowest BCUT2D eigenvalue weighted by atomic mass is 9.99. The number of rotatable bonds is 47. The summed E-state index contributed by atoms with van der Waals surface area (Å²) in [6, 6.07) is -1.05. The number of carbonyl (C=O) groups is 2. The first-order chi connectivity index (χ1) is 36.7. The molecule has 0 aromatic rings. The topological polar surface area (TPSA) is 175 Å². The summed E-state index contributed by atoms with van der Waals surface area (Å²) in [6.07, 6.45) is 59.5. The third kappa shape index (κ3) is 39.1. The smallest absolute Gasteiger partial charge is 0.306 e. The van der Waals surface area contributed by atoms with E-state index in [9.17, 15) is 35.1 Å². The van der Waals surface area contributed by atoms with Crippen molar-refractivity contribution in [2.24, 2.45) is 0 Å². The molecule has 0 saturated carbocycles. The number of allylic oxidation sites excluding steroid dienone is 19. The monoisotopic (exact) mass is 1050 g/mol. The molecule has 1 fully saturated rings. The minimum atomic E-state index is -1.63. The van der Waals surface area contributed by atoms with Crippen LogP contribution in [-0.2, 0) is 23.8 Å². The highest BCUT2D eigenvalue weighted by molar-refractivity contribution is 5.80. The van der Waals surface area contributed by atoms with Gasteiger partial charge in [0.1, 0.15) is 24.4 Å².